The van der Waals surface area contributed by atoms with Crippen LogP contribution >= 0.6 is 0 Å². The van der Waals surface area contributed by atoms with Gasteiger partial charge in [0.2, 0.25) is 0 Å². The molecule has 1 aliphatic heterocycles. The third kappa shape index (κ3) is 1.93. The molecule has 1 aliphatic rings. The van der Waals surface area contributed by atoms with Crippen molar-refractivity contribution >= 4 is 11.8 Å². The molecule has 5 heteroatoms. The van der Waals surface area contributed by atoms with Gasteiger partial charge in [-0.1, -0.05) is 13.8 Å². The fourth-order valence-electron chi connectivity index (χ4n) is 1.54. The molecule has 0 aliphatic carbocycles. The molecule has 1 aromatic heterocycles. The lowest BCUT2D eigenvalue weighted by molar-refractivity contribution is 0.0695. The van der Waals surface area contributed by atoms with Gasteiger partial charge < -0.3 is 15.2 Å². The molecule has 0 fully saturated rings. The molecule has 0 bridgehead atoms. The zero-order valence-electron chi connectivity index (χ0n) is 9.23. The van der Waals surface area contributed by atoms with Crippen LogP contribution in [0.1, 0.15) is 24.2 Å². The van der Waals surface area contributed by atoms with Gasteiger partial charge in [-0.3, -0.25) is 0 Å². The molecule has 2 heterocycles. The van der Waals surface area contributed by atoms with E-state index in [2.05, 4.69) is 24.1 Å². The highest BCUT2D eigenvalue weighted by molar-refractivity contribution is 5.88. The predicted molar refractivity (Wildman–Crippen MR) is 58.9 cm³/mol. The van der Waals surface area contributed by atoms with Gasteiger partial charge in [0, 0.05) is 12.3 Å². The van der Waals surface area contributed by atoms with Gasteiger partial charge in [0.25, 0.3) is 0 Å². The molecule has 0 spiro atoms. The van der Waals surface area contributed by atoms with Crippen molar-refractivity contribution in [2.75, 3.05) is 11.9 Å². The van der Waals surface area contributed by atoms with E-state index in [1.807, 2.05) is 0 Å². The van der Waals surface area contributed by atoms with E-state index in [1.54, 1.807) is 0 Å². The molecule has 0 saturated carbocycles. The van der Waals surface area contributed by atoms with E-state index in [0.29, 0.717) is 24.1 Å². The monoisotopic (exact) mass is 222 g/mol. The maximum atomic E-state index is 10.7. The number of nitrogens with one attached hydrogen (secondary N) is 1. The van der Waals surface area contributed by atoms with Gasteiger partial charge in [-0.05, 0) is 5.92 Å². The molecular weight excluding hydrogens is 208 g/mol. The van der Waals surface area contributed by atoms with Crippen molar-refractivity contribution in [3.8, 4) is 5.75 Å². The maximum absolute atomic E-state index is 10.7. The minimum Gasteiger partial charge on any atom is -0.488 e. The number of fused-ring (bicyclic) bond motifs is 1. The fraction of sp³-hybridized carbons (Fsp3) is 0.455. The standard InChI is InChI=1S/C11H14N2O3/c1-6(2)8-5-16-9-3-7(11(14)15)4-12-10(9)13-8/h3-4,6,8H,5H2,1-2H3,(H,12,13)(H,14,15)/t8-/m0/s1. The first-order valence-electron chi connectivity index (χ1n) is 5.20. The minimum absolute atomic E-state index is 0.142. The number of rotatable bonds is 2. The lowest BCUT2D eigenvalue weighted by Crippen LogP contribution is -2.36. The average molecular weight is 222 g/mol. The molecule has 2 N–H and O–H groups in total. The van der Waals surface area contributed by atoms with Crippen LogP contribution in [-0.2, 0) is 0 Å². The number of aromatic carboxylic acids is 1. The molecular formula is C11H14N2O3. The number of aromatic nitrogens is 1. The van der Waals surface area contributed by atoms with Crippen LogP contribution in [0.2, 0.25) is 0 Å². The summed E-state index contributed by atoms with van der Waals surface area (Å²) < 4.78 is 5.50. The van der Waals surface area contributed by atoms with Gasteiger partial charge >= 0.3 is 5.97 Å². The fourth-order valence-corrected chi connectivity index (χ4v) is 1.54. The van der Waals surface area contributed by atoms with E-state index in [1.165, 1.54) is 12.3 Å². The molecule has 0 unspecified atom stereocenters. The summed E-state index contributed by atoms with van der Waals surface area (Å²) in [5.41, 5.74) is 0.142. The van der Waals surface area contributed by atoms with Crippen LogP contribution in [0.15, 0.2) is 12.3 Å². The predicted octanol–water partition coefficient (Wildman–Crippen LogP) is 1.61. The largest absolute Gasteiger partial charge is 0.488 e. The Balaban J connectivity index is 2.25. The van der Waals surface area contributed by atoms with Crippen molar-refractivity contribution in [3.63, 3.8) is 0 Å². The number of hydrogen-bond acceptors (Lipinski definition) is 4. The molecule has 0 amide bonds. The number of hydrogen-bond donors (Lipinski definition) is 2. The number of ether oxygens (including phenoxy) is 1. The second-order valence-electron chi connectivity index (χ2n) is 4.18. The van der Waals surface area contributed by atoms with Gasteiger partial charge in [0.15, 0.2) is 11.6 Å². The number of carbonyl (C=O) groups is 1. The molecule has 16 heavy (non-hydrogen) atoms. The average Bonchev–Trinajstić information content (AvgIpc) is 2.27. The Morgan fingerprint density at radius 1 is 1.69 bits per heavy atom. The lowest BCUT2D eigenvalue weighted by atomic mass is 10.0. The number of nitrogens with zero attached hydrogens (tertiary/aromatic N) is 1. The van der Waals surface area contributed by atoms with Crippen LogP contribution in [0, 0.1) is 5.92 Å². The van der Waals surface area contributed by atoms with Crippen LogP contribution < -0.4 is 10.1 Å². The topological polar surface area (TPSA) is 71.5 Å². The Kier molecular flexibility index (Phi) is 2.68. The van der Waals surface area contributed by atoms with Crippen LogP contribution in [0.5, 0.6) is 5.75 Å². The van der Waals surface area contributed by atoms with Crippen LogP contribution in [0.25, 0.3) is 0 Å². The van der Waals surface area contributed by atoms with Gasteiger partial charge in [-0.15, -0.1) is 0 Å². The third-order valence-electron chi connectivity index (χ3n) is 2.64. The first-order chi connectivity index (χ1) is 7.58. The smallest absolute Gasteiger partial charge is 0.337 e. The van der Waals surface area contributed by atoms with Crippen LogP contribution in [0.3, 0.4) is 0 Å². The number of pyridine rings is 1. The SMILES string of the molecule is CC(C)[C@@H]1COc2cc(C(=O)O)cnc2N1. The summed E-state index contributed by atoms with van der Waals surface area (Å²) in [6.07, 6.45) is 1.33. The second kappa shape index (κ2) is 4.00. The quantitative estimate of drug-likeness (QED) is 0.795. The van der Waals surface area contributed by atoms with Crippen molar-refractivity contribution < 1.29 is 14.6 Å². The van der Waals surface area contributed by atoms with E-state index in [-0.39, 0.29) is 11.6 Å². The highest BCUT2D eigenvalue weighted by atomic mass is 16.5. The molecule has 0 aromatic carbocycles. The summed E-state index contributed by atoms with van der Waals surface area (Å²) in [7, 11) is 0. The number of anilines is 1. The number of carboxylic acid groups (broad SMARTS) is 1. The van der Waals surface area contributed by atoms with Gasteiger partial charge in [0.1, 0.15) is 6.61 Å². The number of carboxylic acids is 1. The normalized spacial score (nSPS) is 18.6. The molecule has 0 saturated heterocycles. The summed E-state index contributed by atoms with van der Waals surface area (Å²) >= 11 is 0. The molecule has 1 aromatic rings. The summed E-state index contributed by atoms with van der Waals surface area (Å²) in [6.45, 7) is 4.73. The Bertz CT molecular complexity index is 418. The summed E-state index contributed by atoms with van der Waals surface area (Å²) in [4.78, 5) is 14.8. The van der Waals surface area contributed by atoms with Crippen molar-refractivity contribution in [1.82, 2.24) is 4.98 Å². The maximum Gasteiger partial charge on any atom is 0.337 e. The third-order valence-corrected chi connectivity index (χ3v) is 2.64. The zero-order chi connectivity index (χ0) is 11.7. The van der Waals surface area contributed by atoms with E-state index < -0.39 is 5.97 Å². The first-order valence-corrected chi connectivity index (χ1v) is 5.20. The molecule has 0 radical (unpaired) electrons. The summed E-state index contributed by atoms with van der Waals surface area (Å²) in [5, 5.41) is 12.0. The van der Waals surface area contributed by atoms with Gasteiger partial charge in [-0.2, -0.15) is 0 Å². The summed E-state index contributed by atoms with van der Waals surface area (Å²) in [5.74, 6) is 0.575. The molecule has 5 nitrogen and oxygen atoms in total. The minimum atomic E-state index is -0.995. The zero-order valence-corrected chi connectivity index (χ0v) is 9.23. The van der Waals surface area contributed by atoms with Crippen LogP contribution in [-0.4, -0.2) is 28.7 Å². The van der Waals surface area contributed by atoms with Crippen LogP contribution in [0.4, 0.5) is 5.82 Å². The Hall–Kier alpha value is -1.78. The Morgan fingerprint density at radius 2 is 2.44 bits per heavy atom. The van der Waals surface area contributed by atoms with Crippen molar-refractivity contribution in [2.24, 2.45) is 5.92 Å². The second-order valence-corrected chi connectivity index (χ2v) is 4.18. The van der Waals surface area contributed by atoms with Crippen molar-refractivity contribution in [2.45, 2.75) is 19.9 Å². The van der Waals surface area contributed by atoms with Crippen molar-refractivity contribution in [1.29, 1.82) is 0 Å². The molecule has 86 valence electrons. The highest BCUT2D eigenvalue weighted by Crippen LogP contribution is 2.29. The Morgan fingerprint density at radius 3 is 3.06 bits per heavy atom. The van der Waals surface area contributed by atoms with E-state index in [9.17, 15) is 4.79 Å². The van der Waals surface area contributed by atoms with Crippen molar-refractivity contribution in [3.05, 3.63) is 17.8 Å². The molecule has 2 rings (SSSR count). The van der Waals surface area contributed by atoms with E-state index >= 15 is 0 Å². The van der Waals surface area contributed by atoms with E-state index in [0.717, 1.165) is 0 Å². The molecule has 1 atom stereocenters. The summed E-state index contributed by atoms with van der Waals surface area (Å²) in [6, 6.07) is 1.71. The van der Waals surface area contributed by atoms with Gasteiger partial charge in [0.05, 0.1) is 11.6 Å². The lowest BCUT2D eigenvalue weighted by Gasteiger charge is -2.29. The van der Waals surface area contributed by atoms with Gasteiger partial charge in [-0.25, -0.2) is 9.78 Å². The highest BCUT2D eigenvalue weighted by Gasteiger charge is 2.23. The Labute approximate surface area is 93.5 Å². The van der Waals surface area contributed by atoms with E-state index in [4.69, 9.17) is 9.84 Å². The first kappa shape index (κ1) is 10.7.